The summed E-state index contributed by atoms with van der Waals surface area (Å²) < 4.78 is 0. The molecule has 1 aliphatic heterocycles. The second kappa shape index (κ2) is 6.41. The largest absolute Gasteiger partial charge is 0.389 e. The van der Waals surface area contributed by atoms with Gasteiger partial charge in [-0.15, -0.1) is 0 Å². The highest BCUT2D eigenvalue weighted by molar-refractivity contribution is 5.65. The Morgan fingerprint density at radius 2 is 2.19 bits per heavy atom. The minimum absolute atomic E-state index is 0.0746. The molecule has 0 bridgehead atoms. The lowest BCUT2D eigenvalue weighted by Crippen LogP contribution is -2.51. The lowest BCUT2D eigenvalue weighted by molar-refractivity contribution is -0.384. The number of nitro benzene ring substituents is 1. The first kappa shape index (κ1) is 15.7. The molecule has 0 aliphatic carbocycles. The summed E-state index contributed by atoms with van der Waals surface area (Å²) in [6.45, 7) is 9.36. The van der Waals surface area contributed by atoms with E-state index in [9.17, 15) is 15.2 Å². The van der Waals surface area contributed by atoms with Gasteiger partial charge in [-0.05, 0) is 32.0 Å². The molecule has 2 atom stereocenters. The summed E-state index contributed by atoms with van der Waals surface area (Å²) in [4.78, 5) is 15.4. The summed E-state index contributed by atoms with van der Waals surface area (Å²) >= 11 is 0. The number of aliphatic hydroxyl groups excluding tert-OH is 1. The van der Waals surface area contributed by atoms with Crippen LogP contribution in [-0.4, -0.2) is 47.2 Å². The Balaban J connectivity index is 2.29. The monoisotopic (exact) mass is 293 g/mol. The van der Waals surface area contributed by atoms with Gasteiger partial charge in [-0.1, -0.05) is 13.0 Å². The Morgan fingerprint density at radius 3 is 2.71 bits per heavy atom. The molecule has 1 N–H and O–H groups in total. The van der Waals surface area contributed by atoms with E-state index in [4.69, 9.17) is 0 Å². The van der Waals surface area contributed by atoms with Crippen LogP contribution in [0.1, 0.15) is 32.4 Å². The lowest BCUT2D eigenvalue weighted by atomic mass is 10.1. The summed E-state index contributed by atoms with van der Waals surface area (Å²) in [5.74, 6) is 0. The molecule has 1 heterocycles. The molecule has 0 aromatic heterocycles. The third kappa shape index (κ3) is 3.33. The summed E-state index contributed by atoms with van der Waals surface area (Å²) in [5.41, 5.74) is 1.29. The Hall–Kier alpha value is -1.66. The van der Waals surface area contributed by atoms with Crippen LogP contribution in [0.5, 0.6) is 0 Å². The zero-order valence-electron chi connectivity index (χ0n) is 12.8. The van der Waals surface area contributed by atoms with Crippen molar-refractivity contribution in [2.45, 2.75) is 32.9 Å². The van der Waals surface area contributed by atoms with Crippen molar-refractivity contribution in [2.75, 3.05) is 31.1 Å². The second-order valence-corrected chi connectivity index (χ2v) is 5.60. The van der Waals surface area contributed by atoms with Gasteiger partial charge in [0, 0.05) is 31.7 Å². The van der Waals surface area contributed by atoms with Gasteiger partial charge in [0.25, 0.3) is 5.69 Å². The summed E-state index contributed by atoms with van der Waals surface area (Å²) in [7, 11) is 0. The summed E-state index contributed by atoms with van der Waals surface area (Å²) in [5, 5.41) is 20.9. The normalized spacial score (nSPS) is 21.3. The van der Waals surface area contributed by atoms with Crippen molar-refractivity contribution in [1.82, 2.24) is 4.90 Å². The van der Waals surface area contributed by atoms with Gasteiger partial charge in [0.1, 0.15) is 5.69 Å². The number of likely N-dealkylation sites (N-methyl/N-ethyl adjacent to an activating group) is 1. The number of hydrogen-bond acceptors (Lipinski definition) is 5. The molecule has 1 aromatic rings. The standard InChI is InChI=1S/C15H23N3O3/c1-4-16-7-8-17(10-11(16)2)14-6-5-13(12(3)19)9-15(14)18(20)21/h5-6,9,11-12,19H,4,7-8,10H2,1-3H3/t11?,12-/m1/s1. The predicted octanol–water partition coefficient (Wildman–Crippen LogP) is 2.18. The van der Waals surface area contributed by atoms with Crippen LogP contribution in [0.3, 0.4) is 0 Å². The van der Waals surface area contributed by atoms with Gasteiger partial charge in [0.15, 0.2) is 0 Å². The molecular weight excluding hydrogens is 270 g/mol. The SMILES string of the molecule is CCN1CCN(c2ccc([C@@H](C)O)cc2[N+](=O)[O-])CC1C. The third-order valence-corrected chi connectivity index (χ3v) is 4.19. The Kier molecular flexibility index (Phi) is 4.80. The molecule has 21 heavy (non-hydrogen) atoms. The van der Waals surface area contributed by atoms with Crippen LogP contribution in [-0.2, 0) is 0 Å². The summed E-state index contributed by atoms with van der Waals surface area (Å²) in [6.07, 6.45) is -0.700. The van der Waals surface area contributed by atoms with E-state index >= 15 is 0 Å². The fourth-order valence-electron chi connectivity index (χ4n) is 2.90. The van der Waals surface area contributed by atoms with Crippen LogP contribution in [0.15, 0.2) is 18.2 Å². The second-order valence-electron chi connectivity index (χ2n) is 5.60. The van der Waals surface area contributed by atoms with Crippen LogP contribution in [0, 0.1) is 10.1 Å². The van der Waals surface area contributed by atoms with Crippen LogP contribution < -0.4 is 4.90 Å². The highest BCUT2D eigenvalue weighted by atomic mass is 16.6. The van der Waals surface area contributed by atoms with Crippen molar-refractivity contribution in [2.24, 2.45) is 0 Å². The first-order valence-electron chi connectivity index (χ1n) is 7.39. The molecule has 6 heteroatoms. The van der Waals surface area contributed by atoms with Crippen molar-refractivity contribution >= 4 is 11.4 Å². The lowest BCUT2D eigenvalue weighted by Gasteiger charge is -2.40. The molecule has 1 fully saturated rings. The Labute approximate surface area is 125 Å². The molecule has 0 spiro atoms. The van der Waals surface area contributed by atoms with Crippen molar-refractivity contribution in [3.8, 4) is 0 Å². The maximum absolute atomic E-state index is 11.3. The number of hydrogen-bond donors (Lipinski definition) is 1. The third-order valence-electron chi connectivity index (χ3n) is 4.19. The summed E-state index contributed by atoms with van der Waals surface area (Å²) in [6, 6.07) is 5.38. The van der Waals surface area contributed by atoms with E-state index in [0.717, 1.165) is 26.2 Å². The molecular formula is C15H23N3O3. The molecule has 6 nitrogen and oxygen atoms in total. The number of benzene rings is 1. The molecule has 1 unspecified atom stereocenters. The fourth-order valence-corrected chi connectivity index (χ4v) is 2.90. The number of nitrogens with zero attached hydrogens (tertiary/aromatic N) is 3. The first-order chi connectivity index (χ1) is 9.93. The quantitative estimate of drug-likeness (QED) is 0.680. The van der Waals surface area contributed by atoms with Crippen molar-refractivity contribution < 1.29 is 10.0 Å². The minimum atomic E-state index is -0.700. The highest BCUT2D eigenvalue weighted by Gasteiger charge is 2.27. The zero-order chi connectivity index (χ0) is 15.6. The van der Waals surface area contributed by atoms with Gasteiger partial charge in [-0.25, -0.2) is 0 Å². The topological polar surface area (TPSA) is 69.8 Å². The molecule has 116 valence electrons. The smallest absolute Gasteiger partial charge is 0.292 e. The van der Waals surface area contributed by atoms with E-state index in [-0.39, 0.29) is 10.6 Å². The number of rotatable bonds is 4. The average molecular weight is 293 g/mol. The molecule has 0 radical (unpaired) electrons. The van der Waals surface area contributed by atoms with E-state index in [1.54, 1.807) is 19.1 Å². The zero-order valence-corrected chi connectivity index (χ0v) is 12.8. The van der Waals surface area contributed by atoms with Crippen LogP contribution in [0.2, 0.25) is 0 Å². The molecule has 1 aliphatic rings. The van der Waals surface area contributed by atoms with Gasteiger partial charge in [-0.2, -0.15) is 0 Å². The van der Waals surface area contributed by atoms with Gasteiger partial charge in [0.05, 0.1) is 11.0 Å². The van der Waals surface area contributed by atoms with Crippen LogP contribution >= 0.6 is 0 Å². The van der Waals surface area contributed by atoms with Gasteiger partial charge >= 0.3 is 0 Å². The maximum Gasteiger partial charge on any atom is 0.292 e. The van der Waals surface area contributed by atoms with E-state index in [0.29, 0.717) is 17.3 Å². The van der Waals surface area contributed by atoms with Gasteiger partial charge < -0.3 is 10.0 Å². The average Bonchev–Trinajstić information content (AvgIpc) is 2.46. The first-order valence-corrected chi connectivity index (χ1v) is 7.39. The van der Waals surface area contributed by atoms with Crippen molar-refractivity contribution in [1.29, 1.82) is 0 Å². The van der Waals surface area contributed by atoms with E-state index in [1.165, 1.54) is 6.07 Å². The molecule has 0 saturated carbocycles. The number of nitro groups is 1. The number of piperazine rings is 1. The van der Waals surface area contributed by atoms with E-state index in [2.05, 4.69) is 23.6 Å². The highest BCUT2D eigenvalue weighted by Crippen LogP contribution is 2.32. The van der Waals surface area contributed by atoms with E-state index < -0.39 is 6.10 Å². The van der Waals surface area contributed by atoms with Crippen molar-refractivity contribution in [3.63, 3.8) is 0 Å². The maximum atomic E-state index is 11.3. The Bertz CT molecular complexity index is 519. The molecule has 0 amide bonds. The van der Waals surface area contributed by atoms with Gasteiger partial charge in [-0.3, -0.25) is 15.0 Å². The van der Waals surface area contributed by atoms with Crippen LogP contribution in [0.4, 0.5) is 11.4 Å². The molecule has 1 saturated heterocycles. The van der Waals surface area contributed by atoms with Gasteiger partial charge in [0.2, 0.25) is 0 Å². The minimum Gasteiger partial charge on any atom is -0.389 e. The van der Waals surface area contributed by atoms with Crippen LogP contribution in [0.25, 0.3) is 0 Å². The fraction of sp³-hybridized carbons (Fsp3) is 0.600. The number of anilines is 1. The molecule has 1 aromatic carbocycles. The predicted molar refractivity (Wildman–Crippen MR) is 82.7 cm³/mol. The number of aliphatic hydroxyl groups is 1. The van der Waals surface area contributed by atoms with Crippen molar-refractivity contribution in [3.05, 3.63) is 33.9 Å². The van der Waals surface area contributed by atoms with E-state index in [1.807, 2.05) is 0 Å². The molecule has 2 rings (SSSR count). The Morgan fingerprint density at radius 1 is 1.48 bits per heavy atom.